The van der Waals surface area contributed by atoms with Crippen LogP contribution in [0.2, 0.25) is 0 Å². The van der Waals surface area contributed by atoms with Crippen molar-refractivity contribution in [2.75, 3.05) is 32.1 Å². The van der Waals surface area contributed by atoms with Crippen LogP contribution >= 0.6 is 0 Å². The Morgan fingerprint density at radius 2 is 1.84 bits per heavy atom. The zero-order valence-corrected chi connectivity index (χ0v) is 12.7. The SMILES string of the molecule is CNCC1(CN(C)c2ccccc2C)CCCCC1. The summed E-state index contributed by atoms with van der Waals surface area (Å²) in [5, 5.41) is 3.42. The van der Waals surface area contributed by atoms with Crippen LogP contribution in [0.15, 0.2) is 24.3 Å². The Kier molecular flexibility index (Phi) is 4.87. The summed E-state index contributed by atoms with van der Waals surface area (Å²) in [5.41, 5.74) is 3.22. The summed E-state index contributed by atoms with van der Waals surface area (Å²) in [7, 11) is 4.33. The lowest BCUT2D eigenvalue weighted by Gasteiger charge is -2.41. The lowest BCUT2D eigenvalue weighted by molar-refractivity contribution is 0.193. The van der Waals surface area contributed by atoms with Gasteiger partial charge in [-0.15, -0.1) is 0 Å². The van der Waals surface area contributed by atoms with E-state index in [1.54, 1.807) is 0 Å². The smallest absolute Gasteiger partial charge is 0.0393 e. The molecule has 19 heavy (non-hydrogen) atoms. The summed E-state index contributed by atoms with van der Waals surface area (Å²) >= 11 is 0. The second-order valence-corrected chi connectivity index (χ2v) is 6.23. The first-order valence-corrected chi connectivity index (χ1v) is 7.58. The van der Waals surface area contributed by atoms with Crippen LogP contribution in [0.4, 0.5) is 5.69 Å². The van der Waals surface area contributed by atoms with Gasteiger partial charge in [0, 0.05) is 31.2 Å². The van der Waals surface area contributed by atoms with Crippen molar-refractivity contribution in [1.29, 1.82) is 0 Å². The molecule has 0 amide bonds. The molecule has 0 radical (unpaired) electrons. The Morgan fingerprint density at radius 1 is 1.16 bits per heavy atom. The van der Waals surface area contributed by atoms with Crippen molar-refractivity contribution in [3.63, 3.8) is 0 Å². The maximum atomic E-state index is 3.42. The van der Waals surface area contributed by atoms with E-state index >= 15 is 0 Å². The summed E-state index contributed by atoms with van der Waals surface area (Å²) in [6, 6.07) is 8.71. The van der Waals surface area contributed by atoms with Gasteiger partial charge in [0.25, 0.3) is 0 Å². The van der Waals surface area contributed by atoms with Crippen molar-refractivity contribution in [1.82, 2.24) is 5.32 Å². The van der Waals surface area contributed by atoms with Crippen LogP contribution in [-0.2, 0) is 0 Å². The van der Waals surface area contributed by atoms with Crippen molar-refractivity contribution in [2.45, 2.75) is 39.0 Å². The molecule has 1 fully saturated rings. The van der Waals surface area contributed by atoms with E-state index in [4.69, 9.17) is 0 Å². The molecule has 1 aliphatic carbocycles. The molecule has 2 nitrogen and oxygen atoms in total. The Morgan fingerprint density at radius 3 is 2.47 bits per heavy atom. The van der Waals surface area contributed by atoms with Gasteiger partial charge in [0.05, 0.1) is 0 Å². The van der Waals surface area contributed by atoms with Gasteiger partial charge in [-0.1, -0.05) is 37.5 Å². The Hall–Kier alpha value is -1.02. The van der Waals surface area contributed by atoms with E-state index in [1.165, 1.54) is 49.9 Å². The van der Waals surface area contributed by atoms with E-state index in [0.717, 1.165) is 6.54 Å². The normalized spacial score (nSPS) is 18.3. The van der Waals surface area contributed by atoms with Crippen LogP contribution in [0.25, 0.3) is 0 Å². The second-order valence-electron chi connectivity index (χ2n) is 6.23. The monoisotopic (exact) mass is 260 g/mol. The lowest BCUT2D eigenvalue weighted by Crippen LogP contribution is -2.43. The van der Waals surface area contributed by atoms with Gasteiger partial charge in [-0.3, -0.25) is 0 Å². The molecule has 1 N–H and O–H groups in total. The molecule has 0 heterocycles. The summed E-state index contributed by atoms with van der Waals surface area (Å²) in [6.07, 6.45) is 6.93. The first kappa shape index (κ1) is 14.4. The average Bonchev–Trinajstić information content (AvgIpc) is 2.40. The van der Waals surface area contributed by atoms with Crippen LogP contribution in [0.1, 0.15) is 37.7 Å². The molecule has 0 aromatic heterocycles. The maximum absolute atomic E-state index is 3.42. The summed E-state index contributed by atoms with van der Waals surface area (Å²) in [4.78, 5) is 2.46. The summed E-state index contributed by atoms with van der Waals surface area (Å²) < 4.78 is 0. The van der Waals surface area contributed by atoms with Gasteiger partial charge in [0.15, 0.2) is 0 Å². The number of hydrogen-bond donors (Lipinski definition) is 1. The number of anilines is 1. The van der Waals surface area contributed by atoms with Gasteiger partial charge in [-0.2, -0.15) is 0 Å². The number of aryl methyl sites for hydroxylation is 1. The third-order valence-corrected chi connectivity index (χ3v) is 4.57. The van der Waals surface area contributed by atoms with Crippen molar-refractivity contribution in [3.8, 4) is 0 Å². The first-order valence-electron chi connectivity index (χ1n) is 7.58. The topological polar surface area (TPSA) is 15.3 Å². The van der Waals surface area contributed by atoms with Crippen LogP contribution in [0, 0.1) is 12.3 Å². The van der Waals surface area contributed by atoms with Gasteiger partial charge < -0.3 is 10.2 Å². The standard InChI is InChI=1S/C17H28N2/c1-15-9-5-6-10-16(15)19(3)14-17(13-18-2)11-7-4-8-12-17/h5-6,9-10,18H,4,7-8,11-14H2,1-3H3. The molecule has 1 aliphatic rings. The fourth-order valence-corrected chi connectivity index (χ4v) is 3.65. The molecule has 1 aromatic rings. The minimum absolute atomic E-state index is 0.462. The highest BCUT2D eigenvalue weighted by atomic mass is 15.1. The highest BCUT2D eigenvalue weighted by Gasteiger charge is 2.32. The lowest BCUT2D eigenvalue weighted by atomic mass is 9.73. The van der Waals surface area contributed by atoms with Crippen LogP contribution in [0.3, 0.4) is 0 Å². The first-order chi connectivity index (χ1) is 9.17. The third-order valence-electron chi connectivity index (χ3n) is 4.57. The zero-order valence-electron chi connectivity index (χ0n) is 12.7. The minimum atomic E-state index is 0.462. The Balaban J connectivity index is 2.10. The van der Waals surface area contributed by atoms with E-state index in [9.17, 15) is 0 Å². The molecule has 1 aromatic carbocycles. The van der Waals surface area contributed by atoms with E-state index in [2.05, 4.69) is 55.5 Å². The van der Waals surface area contributed by atoms with Crippen molar-refractivity contribution in [3.05, 3.63) is 29.8 Å². The molecule has 2 rings (SSSR count). The third kappa shape index (κ3) is 3.50. The van der Waals surface area contributed by atoms with Crippen LogP contribution in [0.5, 0.6) is 0 Å². The van der Waals surface area contributed by atoms with E-state index in [1.807, 2.05) is 0 Å². The van der Waals surface area contributed by atoms with Crippen LogP contribution in [-0.4, -0.2) is 27.2 Å². The van der Waals surface area contributed by atoms with Gasteiger partial charge in [-0.25, -0.2) is 0 Å². The number of hydrogen-bond acceptors (Lipinski definition) is 2. The van der Waals surface area contributed by atoms with Crippen molar-refractivity contribution < 1.29 is 0 Å². The molecule has 2 heteroatoms. The van der Waals surface area contributed by atoms with Gasteiger partial charge in [0.1, 0.15) is 0 Å². The quantitative estimate of drug-likeness (QED) is 0.870. The highest BCUT2D eigenvalue weighted by molar-refractivity contribution is 5.52. The number of rotatable bonds is 5. The molecule has 0 aliphatic heterocycles. The molecule has 0 bridgehead atoms. The molecule has 0 atom stereocenters. The molecule has 0 unspecified atom stereocenters. The second kappa shape index (κ2) is 6.42. The fourth-order valence-electron chi connectivity index (χ4n) is 3.65. The van der Waals surface area contributed by atoms with Crippen molar-refractivity contribution in [2.24, 2.45) is 5.41 Å². The number of nitrogens with zero attached hydrogens (tertiary/aromatic N) is 1. The van der Waals surface area contributed by atoms with Gasteiger partial charge >= 0.3 is 0 Å². The predicted octanol–water partition coefficient (Wildman–Crippen LogP) is 3.60. The number of nitrogens with one attached hydrogen (secondary N) is 1. The molecule has 106 valence electrons. The Bertz CT molecular complexity index is 388. The largest absolute Gasteiger partial charge is 0.374 e. The molecular weight excluding hydrogens is 232 g/mol. The van der Waals surface area contributed by atoms with E-state index in [0.29, 0.717) is 5.41 Å². The Labute approximate surface area is 118 Å². The molecule has 0 spiro atoms. The minimum Gasteiger partial charge on any atom is -0.374 e. The van der Waals surface area contributed by atoms with Crippen molar-refractivity contribution >= 4 is 5.69 Å². The van der Waals surface area contributed by atoms with Gasteiger partial charge in [-0.05, 0) is 38.4 Å². The number of benzene rings is 1. The fraction of sp³-hybridized carbons (Fsp3) is 0.647. The van der Waals surface area contributed by atoms with Crippen LogP contribution < -0.4 is 10.2 Å². The maximum Gasteiger partial charge on any atom is 0.0393 e. The van der Waals surface area contributed by atoms with E-state index < -0.39 is 0 Å². The molecule has 0 saturated heterocycles. The molecule has 1 saturated carbocycles. The summed E-state index contributed by atoms with van der Waals surface area (Å²) in [6.45, 7) is 4.51. The van der Waals surface area contributed by atoms with Gasteiger partial charge in [0.2, 0.25) is 0 Å². The number of para-hydroxylation sites is 1. The highest BCUT2D eigenvalue weighted by Crippen LogP contribution is 2.37. The summed E-state index contributed by atoms with van der Waals surface area (Å²) in [5.74, 6) is 0. The predicted molar refractivity (Wildman–Crippen MR) is 83.9 cm³/mol. The van der Waals surface area contributed by atoms with E-state index in [-0.39, 0.29) is 0 Å². The average molecular weight is 260 g/mol. The zero-order chi connectivity index (χ0) is 13.7. The molecular formula is C17H28N2.